The van der Waals surface area contributed by atoms with E-state index in [1.807, 2.05) is 37.3 Å². The third-order valence-electron chi connectivity index (χ3n) is 3.24. The summed E-state index contributed by atoms with van der Waals surface area (Å²) in [6.07, 6.45) is 4.72. The van der Waals surface area contributed by atoms with E-state index in [-0.39, 0.29) is 11.9 Å². The van der Waals surface area contributed by atoms with Crippen LogP contribution in [0.2, 0.25) is 0 Å². The zero-order valence-electron chi connectivity index (χ0n) is 12.9. The fourth-order valence-corrected chi connectivity index (χ4v) is 1.66. The fraction of sp³-hybridized carbons (Fsp3) is 0.500. The predicted molar refractivity (Wildman–Crippen MR) is 86.7 cm³/mol. The van der Waals surface area contributed by atoms with Crippen molar-refractivity contribution in [1.29, 1.82) is 0 Å². The largest absolute Gasteiger partial charge is 0.368 e. The Morgan fingerprint density at radius 2 is 2.15 bits per heavy atom. The minimum atomic E-state index is 0.228. The molecule has 6 heteroatoms. The fourth-order valence-electron chi connectivity index (χ4n) is 1.66. The summed E-state index contributed by atoms with van der Waals surface area (Å²) in [6, 6.07) is 1.96. The van der Waals surface area contributed by atoms with Gasteiger partial charge in [-0.1, -0.05) is 13.8 Å². The van der Waals surface area contributed by atoms with Crippen molar-refractivity contribution in [2.45, 2.75) is 27.2 Å². The van der Waals surface area contributed by atoms with Crippen LogP contribution in [0.4, 0.5) is 5.69 Å². The van der Waals surface area contributed by atoms with Gasteiger partial charge in [0.15, 0.2) is 0 Å². The van der Waals surface area contributed by atoms with E-state index in [0.29, 0.717) is 0 Å². The quantitative estimate of drug-likeness (QED) is 0.655. The lowest BCUT2D eigenvalue weighted by Crippen LogP contribution is -2.26. The number of anilines is 1. The Hall–Kier alpha value is -2.11. The molecule has 0 aromatic carbocycles. The smallest absolute Gasteiger partial charge is 0.223 e. The molecular weight excluding hydrogens is 252 g/mol. The number of nitrogens with one attached hydrogen (secondary N) is 1. The average molecular weight is 276 g/mol. The standard InChI is InChI=1S/C14H24N6/c1-6-10(2)13(16-4)19-14(15)18-11(3)20(5)12-7-8-17-9-12/h7-10,17H,6H2,1-5H3,(H2,15,16,19). The molecule has 1 aromatic rings. The van der Waals surface area contributed by atoms with Crippen LogP contribution in [-0.2, 0) is 0 Å². The zero-order valence-corrected chi connectivity index (χ0v) is 12.9. The number of amidine groups is 2. The Morgan fingerprint density at radius 3 is 2.65 bits per heavy atom. The van der Waals surface area contributed by atoms with Crippen molar-refractivity contribution in [3.8, 4) is 0 Å². The number of guanidine groups is 1. The van der Waals surface area contributed by atoms with Crippen LogP contribution in [0.15, 0.2) is 33.4 Å². The highest BCUT2D eigenvalue weighted by molar-refractivity contribution is 6.05. The maximum absolute atomic E-state index is 5.88. The molecule has 0 bridgehead atoms. The predicted octanol–water partition coefficient (Wildman–Crippen LogP) is 2.26. The molecule has 0 aliphatic rings. The van der Waals surface area contributed by atoms with Crippen LogP contribution in [0.5, 0.6) is 0 Å². The zero-order chi connectivity index (χ0) is 15.1. The molecule has 1 heterocycles. The maximum Gasteiger partial charge on any atom is 0.223 e. The van der Waals surface area contributed by atoms with Crippen molar-refractivity contribution >= 4 is 23.3 Å². The summed E-state index contributed by atoms with van der Waals surface area (Å²) in [5, 5.41) is 0. The molecule has 0 aliphatic carbocycles. The molecule has 0 saturated carbocycles. The van der Waals surface area contributed by atoms with Gasteiger partial charge in [0.2, 0.25) is 5.96 Å². The van der Waals surface area contributed by atoms with Crippen LogP contribution in [0.3, 0.4) is 0 Å². The summed E-state index contributed by atoms with van der Waals surface area (Å²) in [5.74, 6) is 2.00. The van der Waals surface area contributed by atoms with Crippen molar-refractivity contribution in [2.24, 2.45) is 26.6 Å². The van der Waals surface area contributed by atoms with Gasteiger partial charge in [0.1, 0.15) is 11.7 Å². The lowest BCUT2D eigenvalue weighted by atomic mass is 10.1. The number of hydrogen-bond donors (Lipinski definition) is 2. The summed E-state index contributed by atoms with van der Waals surface area (Å²) in [6.45, 7) is 6.05. The first kappa shape index (κ1) is 15.9. The molecule has 1 rings (SSSR count). The van der Waals surface area contributed by atoms with Gasteiger partial charge in [0, 0.05) is 32.4 Å². The molecule has 0 saturated heterocycles. The number of hydrogen-bond acceptors (Lipinski definition) is 1. The highest BCUT2D eigenvalue weighted by atomic mass is 15.2. The van der Waals surface area contributed by atoms with Crippen LogP contribution < -0.4 is 10.6 Å². The van der Waals surface area contributed by atoms with Crippen LogP contribution in [-0.4, -0.2) is 36.7 Å². The van der Waals surface area contributed by atoms with Crippen molar-refractivity contribution in [3.05, 3.63) is 18.5 Å². The summed E-state index contributed by atoms with van der Waals surface area (Å²) >= 11 is 0. The first-order valence-electron chi connectivity index (χ1n) is 6.72. The van der Waals surface area contributed by atoms with Gasteiger partial charge < -0.3 is 15.6 Å². The Labute approximate surface area is 120 Å². The average Bonchev–Trinajstić information content (AvgIpc) is 2.96. The number of aromatic amines is 1. The summed E-state index contributed by atoms with van der Waals surface area (Å²) < 4.78 is 0. The van der Waals surface area contributed by atoms with Crippen LogP contribution in [0.1, 0.15) is 27.2 Å². The van der Waals surface area contributed by atoms with Gasteiger partial charge in [-0.2, -0.15) is 4.99 Å². The van der Waals surface area contributed by atoms with Crippen molar-refractivity contribution in [3.63, 3.8) is 0 Å². The highest BCUT2D eigenvalue weighted by Gasteiger charge is 2.08. The molecule has 0 amide bonds. The van der Waals surface area contributed by atoms with Gasteiger partial charge >= 0.3 is 0 Å². The molecular formula is C14H24N6. The van der Waals surface area contributed by atoms with E-state index in [9.17, 15) is 0 Å². The number of aromatic nitrogens is 1. The van der Waals surface area contributed by atoms with E-state index in [1.165, 1.54) is 0 Å². The van der Waals surface area contributed by atoms with E-state index in [1.54, 1.807) is 7.05 Å². The summed E-state index contributed by atoms with van der Waals surface area (Å²) in [5.41, 5.74) is 6.90. The number of nitrogens with two attached hydrogens (primary N) is 1. The second-order valence-corrected chi connectivity index (χ2v) is 4.65. The molecule has 3 N–H and O–H groups in total. The molecule has 0 fully saturated rings. The van der Waals surface area contributed by atoms with Gasteiger partial charge in [-0.05, 0) is 19.4 Å². The van der Waals surface area contributed by atoms with E-state index < -0.39 is 0 Å². The summed E-state index contributed by atoms with van der Waals surface area (Å²) in [7, 11) is 3.65. The third-order valence-corrected chi connectivity index (χ3v) is 3.24. The Kier molecular flexibility index (Phi) is 5.96. The minimum absolute atomic E-state index is 0.228. The normalized spacial score (nSPS) is 15.3. The summed E-state index contributed by atoms with van der Waals surface area (Å²) in [4.78, 5) is 17.7. The molecule has 0 radical (unpaired) electrons. The molecule has 1 atom stereocenters. The molecule has 20 heavy (non-hydrogen) atoms. The lowest BCUT2D eigenvalue weighted by molar-refractivity contribution is 0.731. The molecule has 110 valence electrons. The topological polar surface area (TPSA) is 82.1 Å². The highest BCUT2D eigenvalue weighted by Crippen LogP contribution is 2.10. The van der Waals surface area contributed by atoms with Gasteiger partial charge in [0.25, 0.3) is 0 Å². The monoisotopic (exact) mass is 276 g/mol. The van der Waals surface area contributed by atoms with Crippen molar-refractivity contribution in [1.82, 2.24) is 4.98 Å². The first-order chi connectivity index (χ1) is 9.49. The van der Waals surface area contributed by atoms with E-state index in [0.717, 1.165) is 23.8 Å². The Morgan fingerprint density at radius 1 is 1.45 bits per heavy atom. The molecule has 6 nitrogen and oxygen atoms in total. The minimum Gasteiger partial charge on any atom is -0.368 e. The second kappa shape index (κ2) is 7.47. The number of nitrogens with zero attached hydrogens (tertiary/aromatic N) is 4. The van der Waals surface area contributed by atoms with Crippen LogP contribution in [0.25, 0.3) is 0 Å². The van der Waals surface area contributed by atoms with Crippen molar-refractivity contribution < 1.29 is 0 Å². The van der Waals surface area contributed by atoms with E-state index in [2.05, 4.69) is 33.8 Å². The van der Waals surface area contributed by atoms with E-state index in [4.69, 9.17) is 5.73 Å². The van der Waals surface area contributed by atoms with Gasteiger partial charge in [-0.15, -0.1) is 0 Å². The number of H-pyrrole nitrogens is 1. The first-order valence-corrected chi connectivity index (χ1v) is 6.72. The van der Waals surface area contributed by atoms with Crippen LogP contribution in [0, 0.1) is 5.92 Å². The number of rotatable bonds is 3. The molecule has 0 spiro atoms. The SMILES string of the molecule is CCC(C)C(N=C(N)N=C(C)N(C)c1cc[nH]c1)=NC. The maximum atomic E-state index is 5.88. The molecule has 1 aromatic heterocycles. The molecule has 1 unspecified atom stereocenters. The lowest BCUT2D eigenvalue weighted by Gasteiger charge is -2.16. The Balaban J connectivity index is 2.86. The van der Waals surface area contributed by atoms with Gasteiger partial charge in [-0.25, -0.2) is 4.99 Å². The third kappa shape index (κ3) is 4.22. The second-order valence-electron chi connectivity index (χ2n) is 4.65. The van der Waals surface area contributed by atoms with Crippen molar-refractivity contribution in [2.75, 3.05) is 19.0 Å². The van der Waals surface area contributed by atoms with Gasteiger partial charge in [0.05, 0.1) is 5.69 Å². The van der Waals surface area contributed by atoms with Crippen LogP contribution >= 0.6 is 0 Å². The molecule has 0 aliphatic heterocycles. The van der Waals surface area contributed by atoms with Gasteiger partial charge in [-0.3, -0.25) is 4.99 Å². The van der Waals surface area contributed by atoms with E-state index >= 15 is 0 Å². The Bertz CT molecular complexity index is 498. The number of aliphatic imine (C=N–C) groups is 3.